The van der Waals surface area contributed by atoms with Gasteiger partial charge in [-0.2, -0.15) is 5.10 Å². The van der Waals surface area contributed by atoms with E-state index in [2.05, 4.69) is 26.3 Å². The summed E-state index contributed by atoms with van der Waals surface area (Å²) in [7, 11) is 4.69. The average Bonchev–Trinajstić information content (AvgIpc) is 3.00. The Morgan fingerprint density at radius 2 is 2.04 bits per heavy atom. The molecule has 1 aromatic heterocycles. The van der Waals surface area contributed by atoms with Crippen LogP contribution in [0.4, 0.5) is 5.82 Å². The second-order valence-corrected chi connectivity index (χ2v) is 6.17. The molecule has 144 valence electrons. The van der Waals surface area contributed by atoms with E-state index in [-0.39, 0.29) is 18.0 Å². The Hall–Kier alpha value is -2.81. The monoisotopic (exact) mass is 437 g/mol. The topological polar surface area (TPSA) is 91.7 Å². The summed E-state index contributed by atoms with van der Waals surface area (Å²) in [4.78, 5) is 24.2. The first-order valence-electron chi connectivity index (χ1n) is 8.00. The molecule has 0 unspecified atom stereocenters. The molecule has 27 heavy (non-hydrogen) atoms. The quantitative estimate of drug-likeness (QED) is 0.528. The van der Waals surface area contributed by atoms with Gasteiger partial charge in [0.1, 0.15) is 11.4 Å². The van der Waals surface area contributed by atoms with Crippen LogP contribution in [-0.2, 0) is 16.6 Å². The molecule has 0 aliphatic carbocycles. The first kappa shape index (κ1) is 20.5. The molecule has 0 atom stereocenters. The van der Waals surface area contributed by atoms with Crippen LogP contribution in [0.2, 0.25) is 0 Å². The highest BCUT2D eigenvalue weighted by atomic mass is 79.9. The zero-order chi connectivity index (χ0) is 20.0. The van der Waals surface area contributed by atoms with Crippen molar-refractivity contribution in [2.24, 2.45) is 7.05 Å². The van der Waals surface area contributed by atoms with Gasteiger partial charge in [-0.3, -0.25) is 9.48 Å². The third kappa shape index (κ3) is 4.88. The summed E-state index contributed by atoms with van der Waals surface area (Å²) in [6, 6.07) is 3.53. The van der Waals surface area contributed by atoms with E-state index in [1.165, 1.54) is 24.1 Å². The van der Waals surface area contributed by atoms with Gasteiger partial charge in [-0.25, -0.2) is 4.79 Å². The number of ether oxygens (including phenoxy) is 3. The standard InChI is InChI=1S/C18H20BrN3O5/c1-5-27-18(24)12-10-20-22(2)17(12)21-15(23)7-6-11-8-13(19)16(26-4)14(9-11)25-3/h6-10H,5H2,1-4H3,(H,21,23)/b7-6+. The van der Waals surface area contributed by atoms with Crippen LogP contribution in [0.15, 0.2) is 28.9 Å². The number of rotatable bonds is 7. The van der Waals surface area contributed by atoms with E-state index < -0.39 is 11.9 Å². The van der Waals surface area contributed by atoms with E-state index in [0.29, 0.717) is 16.0 Å². The largest absolute Gasteiger partial charge is 0.493 e. The van der Waals surface area contributed by atoms with Gasteiger partial charge in [-0.1, -0.05) is 0 Å². The third-order valence-corrected chi connectivity index (χ3v) is 4.15. The molecule has 0 bridgehead atoms. The van der Waals surface area contributed by atoms with Crippen molar-refractivity contribution in [2.45, 2.75) is 6.92 Å². The number of amides is 1. The molecule has 1 N–H and O–H groups in total. The fourth-order valence-electron chi connectivity index (χ4n) is 2.31. The molecule has 0 saturated heterocycles. The summed E-state index contributed by atoms with van der Waals surface area (Å²) in [6.07, 6.45) is 4.31. The van der Waals surface area contributed by atoms with Crippen LogP contribution in [0, 0.1) is 0 Å². The van der Waals surface area contributed by atoms with E-state index in [1.54, 1.807) is 39.3 Å². The second kappa shape index (κ2) is 9.22. The van der Waals surface area contributed by atoms with Crippen molar-refractivity contribution in [1.82, 2.24) is 9.78 Å². The summed E-state index contributed by atoms with van der Waals surface area (Å²) in [6.45, 7) is 1.94. The summed E-state index contributed by atoms with van der Waals surface area (Å²) >= 11 is 3.40. The van der Waals surface area contributed by atoms with E-state index in [1.807, 2.05) is 0 Å². The number of benzene rings is 1. The lowest BCUT2D eigenvalue weighted by molar-refractivity contribution is -0.111. The number of hydrogen-bond donors (Lipinski definition) is 1. The van der Waals surface area contributed by atoms with Crippen molar-refractivity contribution in [3.05, 3.63) is 40.0 Å². The lowest BCUT2D eigenvalue weighted by atomic mass is 10.2. The highest BCUT2D eigenvalue weighted by Gasteiger charge is 2.18. The molecule has 0 spiro atoms. The maximum Gasteiger partial charge on any atom is 0.343 e. The Morgan fingerprint density at radius 1 is 1.30 bits per heavy atom. The van der Waals surface area contributed by atoms with Crippen LogP contribution in [-0.4, -0.2) is 42.5 Å². The predicted molar refractivity (Wildman–Crippen MR) is 104 cm³/mol. The Labute approximate surface area is 165 Å². The van der Waals surface area contributed by atoms with Gasteiger partial charge in [0.2, 0.25) is 5.91 Å². The number of halogens is 1. The third-order valence-electron chi connectivity index (χ3n) is 3.56. The number of aryl methyl sites for hydroxylation is 1. The van der Waals surface area contributed by atoms with Crippen LogP contribution in [0.5, 0.6) is 11.5 Å². The molecular weight excluding hydrogens is 418 g/mol. The van der Waals surface area contributed by atoms with E-state index in [9.17, 15) is 9.59 Å². The minimum atomic E-state index is -0.547. The second-order valence-electron chi connectivity index (χ2n) is 5.31. The van der Waals surface area contributed by atoms with Crippen LogP contribution >= 0.6 is 15.9 Å². The normalized spacial score (nSPS) is 10.7. The van der Waals surface area contributed by atoms with E-state index >= 15 is 0 Å². The molecule has 0 aliphatic rings. The van der Waals surface area contributed by atoms with Gasteiger partial charge >= 0.3 is 5.97 Å². The number of nitrogens with one attached hydrogen (secondary N) is 1. The average molecular weight is 438 g/mol. The van der Waals surface area contributed by atoms with Gasteiger partial charge in [0.25, 0.3) is 0 Å². The smallest absolute Gasteiger partial charge is 0.343 e. The Morgan fingerprint density at radius 3 is 2.67 bits per heavy atom. The fourth-order valence-corrected chi connectivity index (χ4v) is 2.93. The molecule has 0 fully saturated rings. The van der Waals surface area contributed by atoms with Crippen LogP contribution in [0.3, 0.4) is 0 Å². The van der Waals surface area contributed by atoms with E-state index in [0.717, 1.165) is 5.56 Å². The highest BCUT2D eigenvalue weighted by molar-refractivity contribution is 9.10. The maximum absolute atomic E-state index is 12.3. The SMILES string of the molecule is CCOC(=O)c1cnn(C)c1NC(=O)/C=C/c1cc(Br)c(OC)c(OC)c1. The van der Waals surface area contributed by atoms with Crippen molar-refractivity contribution in [2.75, 3.05) is 26.1 Å². The lowest BCUT2D eigenvalue weighted by Crippen LogP contribution is -2.15. The number of carbonyl (C=O) groups excluding carboxylic acids is 2. The Kier molecular flexibility index (Phi) is 7.00. The Balaban J connectivity index is 2.18. The van der Waals surface area contributed by atoms with Gasteiger partial charge in [0.15, 0.2) is 11.5 Å². The van der Waals surface area contributed by atoms with Gasteiger partial charge in [0, 0.05) is 13.1 Å². The molecule has 0 radical (unpaired) electrons. The zero-order valence-corrected chi connectivity index (χ0v) is 17.0. The van der Waals surface area contributed by atoms with E-state index in [4.69, 9.17) is 14.2 Å². The van der Waals surface area contributed by atoms with Gasteiger partial charge in [0.05, 0.1) is 31.5 Å². The van der Waals surface area contributed by atoms with Crippen molar-refractivity contribution in [1.29, 1.82) is 0 Å². The van der Waals surface area contributed by atoms with Crippen LogP contribution < -0.4 is 14.8 Å². The number of esters is 1. The number of nitrogens with zero attached hydrogens (tertiary/aromatic N) is 2. The van der Waals surface area contributed by atoms with Crippen molar-refractivity contribution >= 4 is 39.7 Å². The minimum absolute atomic E-state index is 0.190. The molecule has 9 heteroatoms. The summed E-state index contributed by atoms with van der Waals surface area (Å²) in [5.41, 5.74) is 0.917. The molecule has 1 amide bonds. The maximum atomic E-state index is 12.3. The lowest BCUT2D eigenvalue weighted by Gasteiger charge is -2.10. The molecule has 0 aliphatic heterocycles. The van der Waals surface area contributed by atoms with Gasteiger partial charge < -0.3 is 19.5 Å². The first-order valence-corrected chi connectivity index (χ1v) is 8.80. The number of anilines is 1. The van der Waals surface area contributed by atoms with Crippen molar-refractivity contribution in [3.8, 4) is 11.5 Å². The number of methoxy groups -OCH3 is 2. The van der Waals surface area contributed by atoms with Crippen LogP contribution in [0.1, 0.15) is 22.8 Å². The molecule has 8 nitrogen and oxygen atoms in total. The molecule has 2 rings (SSSR count). The Bertz CT molecular complexity index is 876. The number of carbonyl (C=O) groups is 2. The fraction of sp³-hybridized carbons (Fsp3) is 0.278. The predicted octanol–water partition coefficient (Wildman–Crippen LogP) is 3.03. The molecule has 1 heterocycles. The molecule has 2 aromatic rings. The first-order chi connectivity index (χ1) is 12.9. The summed E-state index contributed by atoms with van der Waals surface area (Å²) in [5, 5.41) is 6.63. The highest BCUT2D eigenvalue weighted by Crippen LogP contribution is 2.36. The van der Waals surface area contributed by atoms with Crippen molar-refractivity contribution < 1.29 is 23.8 Å². The molecular formula is C18H20BrN3O5. The molecule has 1 aromatic carbocycles. The number of aromatic nitrogens is 2. The minimum Gasteiger partial charge on any atom is -0.493 e. The molecule has 0 saturated carbocycles. The van der Waals surface area contributed by atoms with Gasteiger partial charge in [-0.15, -0.1) is 0 Å². The summed E-state index contributed by atoms with van der Waals surface area (Å²) < 4.78 is 17.6. The summed E-state index contributed by atoms with van der Waals surface area (Å²) in [5.74, 6) is 0.386. The zero-order valence-electron chi connectivity index (χ0n) is 15.4. The van der Waals surface area contributed by atoms with Crippen molar-refractivity contribution in [3.63, 3.8) is 0 Å². The van der Waals surface area contributed by atoms with Crippen LogP contribution in [0.25, 0.3) is 6.08 Å². The number of hydrogen-bond acceptors (Lipinski definition) is 6. The van der Waals surface area contributed by atoms with Gasteiger partial charge in [-0.05, 0) is 46.6 Å².